The van der Waals surface area contributed by atoms with Gasteiger partial charge in [-0.05, 0) is 68.9 Å². The summed E-state index contributed by atoms with van der Waals surface area (Å²) in [5.41, 5.74) is 1.43. The Bertz CT molecular complexity index is 601. The summed E-state index contributed by atoms with van der Waals surface area (Å²) in [6.07, 6.45) is 0. The van der Waals surface area contributed by atoms with E-state index in [2.05, 4.69) is 59.8 Å². The Hall–Kier alpha value is -0.400. The van der Waals surface area contributed by atoms with Gasteiger partial charge in [0.1, 0.15) is 0 Å². The molecule has 0 radical (unpaired) electrons. The second kappa shape index (κ2) is 6.16. The number of carbonyl (C=O) groups excluding carboxylic acids is 1. The third-order valence-corrected chi connectivity index (χ3v) is 4.38. The van der Waals surface area contributed by atoms with E-state index in [9.17, 15) is 4.79 Å². The van der Waals surface area contributed by atoms with Crippen LogP contribution in [-0.4, -0.2) is 5.91 Å². The zero-order chi connectivity index (χ0) is 13.1. The summed E-state index contributed by atoms with van der Waals surface area (Å²) in [4.78, 5) is 12.1. The fourth-order valence-corrected chi connectivity index (χ4v) is 3.33. The van der Waals surface area contributed by atoms with Gasteiger partial charge in [0.25, 0.3) is 5.91 Å². The topological polar surface area (TPSA) is 29.1 Å². The van der Waals surface area contributed by atoms with Crippen LogP contribution in [-0.2, 0) is 0 Å². The van der Waals surface area contributed by atoms with Crippen LogP contribution in [0.25, 0.3) is 0 Å². The van der Waals surface area contributed by atoms with E-state index in [-0.39, 0.29) is 5.91 Å². The van der Waals surface area contributed by atoms with Gasteiger partial charge in [-0.2, -0.15) is 0 Å². The van der Waals surface area contributed by atoms with Crippen molar-refractivity contribution >= 4 is 66.0 Å². The molecule has 5 heteroatoms. The number of hydrogen-bond donors (Lipinski definition) is 1. The lowest BCUT2D eigenvalue weighted by molar-refractivity contribution is 0.102. The maximum Gasteiger partial charge on any atom is 0.256 e. The van der Waals surface area contributed by atoms with Crippen LogP contribution in [0, 0.1) is 3.57 Å². The molecular weight excluding hydrogens is 473 g/mol. The van der Waals surface area contributed by atoms with Gasteiger partial charge in [-0.3, -0.25) is 4.79 Å². The Balaban J connectivity index is 2.24. The lowest BCUT2D eigenvalue weighted by atomic mass is 10.2. The molecule has 0 fully saturated rings. The molecule has 0 unspecified atom stereocenters. The second-order valence-electron chi connectivity index (χ2n) is 3.56. The predicted octanol–water partition coefficient (Wildman–Crippen LogP) is 5.07. The molecule has 92 valence electrons. The number of anilines is 1. The number of benzene rings is 2. The normalized spacial score (nSPS) is 10.2. The Morgan fingerprint density at radius 2 is 1.83 bits per heavy atom. The highest BCUT2D eigenvalue weighted by Gasteiger charge is 2.10. The first-order valence-corrected chi connectivity index (χ1v) is 7.75. The number of hydrogen-bond acceptors (Lipinski definition) is 1. The molecule has 18 heavy (non-hydrogen) atoms. The average Bonchev–Trinajstić information content (AvgIpc) is 2.33. The zero-order valence-corrected chi connectivity index (χ0v) is 14.4. The third kappa shape index (κ3) is 3.33. The maximum atomic E-state index is 12.1. The fourth-order valence-electron chi connectivity index (χ4n) is 1.43. The highest BCUT2D eigenvalue weighted by Crippen LogP contribution is 2.24. The second-order valence-corrected chi connectivity index (χ2v) is 6.49. The highest BCUT2D eigenvalue weighted by molar-refractivity contribution is 14.1. The molecule has 0 heterocycles. The van der Waals surface area contributed by atoms with Crippen LogP contribution in [0.5, 0.6) is 0 Å². The molecule has 0 aromatic heterocycles. The summed E-state index contributed by atoms with van der Waals surface area (Å²) in [6, 6.07) is 13.1. The van der Waals surface area contributed by atoms with E-state index < -0.39 is 0 Å². The van der Waals surface area contributed by atoms with E-state index in [4.69, 9.17) is 0 Å². The van der Waals surface area contributed by atoms with Crippen LogP contribution in [0.1, 0.15) is 10.4 Å². The van der Waals surface area contributed by atoms with Gasteiger partial charge in [-0.1, -0.05) is 28.1 Å². The van der Waals surface area contributed by atoms with Gasteiger partial charge in [0.2, 0.25) is 0 Å². The molecule has 0 aliphatic carbocycles. The van der Waals surface area contributed by atoms with Gasteiger partial charge in [-0.15, -0.1) is 0 Å². The van der Waals surface area contributed by atoms with E-state index in [0.29, 0.717) is 5.56 Å². The van der Waals surface area contributed by atoms with Crippen molar-refractivity contribution in [3.05, 3.63) is 60.5 Å². The summed E-state index contributed by atoms with van der Waals surface area (Å²) in [5, 5.41) is 2.90. The van der Waals surface area contributed by atoms with E-state index in [0.717, 1.165) is 18.2 Å². The van der Waals surface area contributed by atoms with Crippen molar-refractivity contribution in [3.63, 3.8) is 0 Å². The molecule has 1 N–H and O–H groups in total. The molecule has 0 aliphatic rings. The average molecular weight is 481 g/mol. The molecule has 0 saturated carbocycles. The minimum Gasteiger partial charge on any atom is -0.321 e. The Morgan fingerprint density at radius 3 is 2.50 bits per heavy atom. The van der Waals surface area contributed by atoms with Gasteiger partial charge < -0.3 is 5.32 Å². The first-order valence-electron chi connectivity index (χ1n) is 5.09. The van der Waals surface area contributed by atoms with Crippen molar-refractivity contribution in [2.75, 3.05) is 5.32 Å². The summed E-state index contributed by atoms with van der Waals surface area (Å²) >= 11 is 8.96. The van der Waals surface area contributed by atoms with Crippen molar-refractivity contribution in [1.82, 2.24) is 0 Å². The molecule has 0 bridgehead atoms. The Labute approximate surface area is 136 Å². The Kier molecular flexibility index (Phi) is 4.80. The van der Waals surface area contributed by atoms with Crippen LogP contribution in [0.2, 0.25) is 0 Å². The van der Waals surface area contributed by atoms with Gasteiger partial charge >= 0.3 is 0 Å². The van der Waals surface area contributed by atoms with E-state index in [1.165, 1.54) is 0 Å². The summed E-state index contributed by atoms with van der Waals surface area (Å²) in [6.45, 7) is 0. The SMILES string of the molecule is O=C(Nc1ccc(Br)cc1I)c1ccccc1Br. The lowest BCUT2D eigenvalue weighted by Gasteiger charge is -2.08. The number of halogens is 3. The maximum absolute atomic E-state index is 12.1. The van der Waals surface area contributed by atoms with Gasteiger partial charge in [0.05, 0.1) is 11.3 Å². The number of nitrogens with one attached hydrogen (secondary N) is 1. The van der Waals surface area contributed by atoms with E-state index in [1.54, 1.807) is 6.07 Å². The predicted molar refractivity (Wildman–Crippen MR) is 89.0 cm³/mol. The highest BCUT2D eigenvalue weighted by atomic mass is 127. The lowest BCUT2D eigenvalue weighted by Crippen LogP contribution is -2.13. The van der Waals surface area contributed by atoms with Crippen LogP contribution in [0.4, 0.5) is 5.69 Å². The van der Waals surface area contributed by atoms with Gasteiger partial charge in [0, 0.05) is 12.5 Å². The van der Waals surface area contributed by atoms with Crippen molar-refractivity contribution in [3.8, 4) is 0 Å². The van der Waals surface area contributed by atoms with Gasteiger partial charge in [0.15, 0.2) is 0 Å². The van der Waals surface area contributed by atoms with Crippen molar-refractivity contribution in [1.29, 1.82) is 0 Å². The van der Waals surface area contributed by atoms with E-state index >= 15 is 0 Å². The number of rotatable bonds is 2. The molecule has 2 rings (SSSR count). The fraction of sp³-hybridized carbons (Fsp3) is 0. The molecule has 0 saturated heterocycles. The first kappa shape index (κ1) is 14.0. The quantitative estimate of drug-likeness (QED) is 0.597. The molecular formula is C13H8Br2INO. The molecule has 0 atom stereocenters. The van der Waals surface area contributed by atoms with Crippen LogP contribution >= 0.6 is 54.5 Å². The van der Waals surface area contributed by atoms with Crippen LogP contribution in [0.15, 0.2) is 51.4 Å². The molecule has 1 amide bonds. The van der Waals surface area contributed by atoms with Crippen molar-refractivity contribution < 1.29 is 4.79 Å². The summed E-state index contributed by atoms with van der Waals surface area (Å²) < 4.78 is 2.77. The van der Waals surface area contributed by atoms with Crippen LogP contribution < -0.4 is 5.32 Å². The van der Waals surface area contributed by atoms with E-state index in [1.807, 2.05) is 36.4 Å². The number of carbonyl (C=O) groups is 1. The smallest absolute Gasteiger partial charge is 0.256 e. The molecule has 2 aromatic rings. The Morgan fingerprint density at radius 1 is 1.11 bits per heavy atom. The molecule has 2 nitrogen and oxygen atoms in total. The summed E-state index contributed by atoms with van der Waals surface area (Å²) in [7, 11) is 0. The standard InChI is InChI=1S/C13H8Br2INO/c14-8-5-6-12(11(16)7-8)17-13(18)9-3-1-2-4-10(9)15/h1-7H,(H,17,18). The third-order valence-electron chi connectivity index (χ3n) is 2.30. The van der Waals surface area contributed by atoms with Crippen molar-refractivity contribution in [2.45, 2.75) is 0 Å². The largest absolute Gasteiger partial charge is 0.321 e. The molecule has 2 aromatic carbocycles. The molecule has 0 aliphatic heterocycles. The van der Waals surface area contributed by atoms with Crippen LogP contribution in [0.3, 0.4) is 0 Å². The van der Waals surface area contributed by atoms with Gasteiger partial charge in [-0.25, -0.2) is 0 Å². The monoisotopic (exact) mass is 479 g/mol. The minimum atomic E-state index is -0.122. The first-order chi connectivity index (χ1) is 8.58. The number of amides is 1. The summed E-state index contributed by atoms with van der Waals surface area (Å²) in [5.74, 6) is -0.122. The van der Waals surface area contributed by atoms with Crippen molar-refractivity contribution in [2.24, 2.45) is 0 Å². The molecule has 0 spiro atoms. The zero-order valence-electron chi connectivity index (χ0n) is 9.08. The minimum absolute atomic E-state index is 0.122.